The fourth-order valence-corrected chi connectivity index (χ4v) is 2.01. The molecule has 0 radical (unpaired) electrons. The maximum absolute atomic E-state index is 11.8. The molecule has 0 spiro atoms. The first-order chi connectivity index (χ1) is 9.45. The molecule has 20 heavy (non-hydrogen) atoms. The van der Waals surface area contributed by atoms with E-state index >= 15 is 0 Å². The molecule has 0 amide bonds. The van der Waals surface area contributed by atoms with Crippen LogP contribution in [-0.2, 0) is 23.9 Å². The highest BCUT2D eigenvalue weighted by Crippen LogP contribution is 2.39. The van der Waals surface area contributed by atoms with Gasteiger partial charge in [-0.05, 0) is 45.1 Å². The van der Waals surface area contributed by atoms with Gasteiger partial charge in [0.1, 0.15) is 18.3 Å². The van der Waals surface area contributed by atoms with Crippen LogP contribution in [0.3, 0.4) is 0 Å². The monoisotopic (exact) mass is 282 g/mol. The van der Waals surface area contributed by atoms with Crippen molar-refractivity contribution in [3.05, 3.63) is 11.6 Å². The topological polar surface area (TPSA) is 69.7 Å². The van der Waals surface area contributed by atoms with Gasteiger partial charge in [0.15, 0.2) is 0 Å². The molecule has 5 nitrogen and oxygen atoms in total. The van der Waals surface area contributed by atoms with E-state index in [2.05, 4.69) is 0 Å². The van der Waals surface area contributed by atoms with Gasteiger partial charge in [0.25, 0.3) is 0 Å². The minimum absolute atomic E-state index is 0.189. The van der Waals surface area contributed by atoms with E-state index in [-0.39, 0.29) is 25.0 Å². The molecule has 112 valence electrons. The predicted molar refractivity (Wildman–Crippen MR) is 72.9 cm³/mol. The summed E-state index contributed by atoms with van der Waals surface area (Å²) in [7, 11) is 0. The van der Waals surface area contributed by atoms with E-state index in [1.165, 1.54) is 13.8 Å². The van der Waals surface area contributed by atoms with Crippen LogP contribution in [0, 0.1) is 11.8 Å². The second-order valence-corrected chi connectivity index (χ2v) is 4.98. The zero-order chi connectivity index (χ0) is 15.1. The summed E-state index contributed by atoms with van der Waals surface area (Å²) < 4.78 is 9.82. The molecule has 1 unspecified atom stereocenters. The number of carbonyl (C=O) groups is 3. The van der Waals surface area contributed by atoms with Crippen LogP contribution in [-0.4, -0.2) is 30.9 Å². The number of ketones is 1. The lowest BCUT2D eigenvalue weighted by Crippen LogP contribution is -2.25. The molecule has 0 aromatic carbocycles. The van der Waals surface area contributed by atoms with Crippen molar-refractivity contribution >= 4 is 17.7 Å². The van der Waals surface area contributed by atoms with Crippen LogP contribution < -0.4 is 0 Å². The molecule has 0 bridgehead atoms. The molecule has 0 saturated heterocycles. The van der Waals surface area contributed by atoms with Crippen molar-refractivity contribution in [2.75, 3.05) is 13.2 Å². The lowest BCUT2D eigenvalue weighted by atomic mass is 9.93. The third-order valence-electron chi connectivity index (χ3n) is 3.24. The zero-order valence-corrected chi connectivity index (χ0v) is 12.3. The molecule has 0 aliphatic heterocycles. The average Bonchev–Trinajstić information content (AvgIpc) is 3.16. The number of hydrogen-bond acceptors (Lipinski definition) is 5. The van der Waals surface area contributed by atoms with Gasteiger partial charge in [0.05, 0.1) is 6.61 Å². The Morgan fingerprint density at radius 3 is 2.30 bits per heavy atom. The van der Waals surface area contributed by atoms with Crippen LogP contribution in [0.15, 0.2) is 11.6 Å². The predicted octanol–water partition coefficient (Wildman–Crippen LogP) is 2.04. The fourth-order valence-electron chi connectivity index (χ4n) is 2.01. The highest BCUT2D eigenvalue weighted by molar-refractivity contribution is 5.98. The van der Waals surface area contributed by atoms with Gasteiger partial charge >= 0.3 is 11.9 Å². The van der Waals surface area contributed by atoms with E-state index in [1.807, 2.05) is 6.08 Å². The van der Waals surface area contributed by atoms with Gasteiger partial charge < -0.3 is 9.47 Å². The molecule has 0 N–H and O–H groups in total. The normalized spacial score (nSPS) is 16.4. The molecule has 1 atom stereocenters. The first kappa shape index (κ1) is 16.4. The van der Waals surface area contributed by atoms with E-state index in [1.54, 1.807) is 6.92 Å². The third-order valence-corrected chi connectivity index (χ3v) is 3.24. The van der Waals surface area contributed by atoms with E-state index in [9.17, 15) is 14.4 Å². The second kappa shape index (κ2) is 7.82. The molecular formula is C15H22O5. The van der Waals surface area contributed by atoms with Gasteiger partial charge in [-0.2, -0.15) is 0 Å². The second-order valence-electron chi connectivity index (χ2n) is 4.98. The summed E-state index contributed by atoms with van der Waals surface area (Å²) in [6.07, 6.45) is 4.28. The third kappa shape index (κ3) is 5.55. The number of allylic oxidation sites excluding steroid dienone is 1. The van der Waals surface area contributed by atoms with Crippen molar-refractivity contribution in [3.63, 3.8) is 0 Å². The number of Topliss-reactive ketones (excluding diaryl/α,β-unsaturated/α-hetero) is 1. The summed E-state index contributed by atoms with van der Waals surface area (Å²) in [6.45, 7) is 4.92. The molecule has 0 heterocycles. The SMILES string of the molecule is CCOC(=O)C(C/C(=C/COC(C)=O)C1CC1)C(C)=O. The number of ether oxygens (including phenoxy) is 2. The Bertz CT molecular complexity index is 406. The largest absolute Gasteiger partial charge is 0.465 e. The highest BCUT2D eigenvalue weighted by atomic mass is 16.5. The van der Waals surface area contributed by atoms with Crippen LogP contribution in [0.2, 0.25) is 0 Å². The number of esters is 2. The van der Waals surface area contributed by atoms with Crippen molar-refractivity contribution in [1.29, 1.82) is 0 Å². The summed E-state index contributed by atoms with van der Waals surface area (Å²) in [5, 5.41) is 0. The maximum atomic E-state index is 11.8. The molecule has 5 heteroatoms. The van der Waals surface area contributed by atoms with E-state index < -0.39 is 11.9 Å². The molecule has 1 fully saturated rings. The van der Waals surface area contributed by atoms with E-state index in [0.717, 1.165) is 18.4 Å². The maximum Gasteiger partial charge on any atom is 0.316 e. The van der Waals surface area contributed by atoms with Crippen LogP contribution in [0.4, 0.5) is 0 Å². The summed E-state index contributed by atoms with van der Waals surface area (Å²) >= 11 is 0. The van der Waals surface area contributed by atoms with Gasteiger partial charge in [-0.3, -0.25) is 14.4 Å². The Balaban J connectivity index is 2.68. The first-order valence-corrected chi connectivity index (χ1v) is 6.95. The Morgan fingerprint density at radius 1 is 1.20 bits per heavy atom. The zero-order valence-electron chi connectivity index (χ0n) is 12.3. The van der Waals surface area contributed by atoms with E-state index in [4.69, 9.17) is 9.47 Å². The number of carbonyl (C=O) groups excluding carboxylic acids is 3. The average molecular weight is 282 g/mol. The smallest absolute Gasteiger partial charge is 0.316 e. The number of rotatable bonds is 8. The quantitative estimate of drug-likeness (QED) is 0.387. The van der Waals surface area contributed by atoms with Crippen LogP contribution >= 0.6 is 0 Å². The summed E-state index contributed by atoms with van der Waals surface area (Å²) in [6, 6.07) is 0. The fraction of sp³-hybridized carbons (Fsp3) is 0.667. The van der Waals surface area contributed by atoms with Crippen LogP contribution in [0.25, 0.3) is 0 Å². The van der Waals surface area contributed by atoms with Crippen LogP contribution in [0.1, 0.15) is 40.0 Å². The molecular weight excluding hydrogens is 260 g/mol. The summed E-state index contributed by atoms with van der Waals surface area (Å²) in [4.78, 5) is 34.2. The molecule has 1 aliphatic rings. The Kier molecular flexibility index (Phi) is 6.42. The minimum atomic E-state index is -0.751. The Labute approximate surface area is 119 Å². The van der Waals surface area contributed by atoms with Gasteiger partial charge in [-0.15, -0.1) is 0 Å². The van der Waals surface area contributed by atoms with Crippen molar-refractivity contribution in [3.8, 4) is 0 Å². The summed E-state index contributed by atoms with van der Waals surface area (Å²) in [5.74, 6) is -1.35. The highest BCUT2D eigenvalue weighted by Gasteiger charge is 2.32. The Morgan fingerprint density at radius 2 is 1.85 bits per heavy atom. The van der Waals surface area contributed by atoms with Crippen molar-refractivity contribution in [1.82, 2.24) is 0 Å². The molecule has 1 aliphatic carbocycles. The van der Waals surface area contributed by atoms with Crippen molar-refractivity contribution in [2.45, 2.75) is 40.0 Å². The minimum Gasteiger partial charge on any atom is -0.465 e. The van der Waals surface area contributed by atoms with Crippen LogP contribution in [0.5, 0.6) is 0 Å². The summed E-state index contributed by atoms with van der Waals surface area (Å²) in [5.41, 5.74) is 1.01. The first-order valence-electron chi connectivity index (χ1n) is 6.95. The standard InChI is InChI=1S/C15H22O5/c1-4-19-15(18)14(10(2)16)9-13(12-5-6-12)7-8-20-11(3)17/h7,12,14H,4-6,8-9H2,1-3H3/b13-7-. The molecule has 1 saturated carbocycles. The van der Waals surface area contributed by atoms with Gasteiger partial charge in [0, 0.05) is 6.92 Å². The lowest BCUT2D eigenvalue weighted by molar-refractivity contribution is -0.151. The van der Waals surface area contributed by atoms with Gasteiger partial charge in [0.2, 0.25) is 0 Å². The molecule has 1 rings (SSSR count). The van der Waals surface area contributed by atoms with Crippen molar-refractivity contribution < 1.29 is 23.9 Å². The molecule has 0 aromatic heterocycles. The van der Waals surface area contributed by atoms with Gasteiger partial charge in [-0.25, -0.2) is 0 Å². The molecule has 0 aromatic rings. The lowest BCUT2D eigenvalue weighted by Gasteiger charge is -2.15. The Hall–Kier alpha value is -1.65. The van der Waals surface area contributed by atoms with Gasteiger partial charge in [-0.1, -0.05) is 5.57 Å². The van der Waals surface area contributed by atoms with E-state index in [0.29, 0.717) is 12.3 Å². The van der Waals surface area contributed by atoms with Crippen molar-refractivity contribution in [2.24, 2.45) is 11.8 Å². The number of hydrogen-bond donors (Lipinski definition) is 0.